The van der Waals surface area contributed by atoms with Crippen LogP contribution in [-0.2, 0) is 4.79 Å². The molecule has 20 heavy (non-hydrogen) atoms. The number of hydrogen-bond donors (Lipinski definition) is 1. The first-order valence-corrected chi connectivity index (χ1v) is 8.22. The molecule has 0 spiro atoms. The highest BCUT2D eigenvalue weighted by Crippen LogP contribution is 2.26. The van der Waals surface area contributed by atoms with Crippen molar-refractivity contribution in [2.45, 2.75) is 42.9 Å². The lowest BCUT2D eigenvalue weighted by atomic mass is 10.1. The van der Waals surface area contributed by atoms with Gasteiger partial charge >= 0.3 is 0 Å². The number of amides is 1. The van der Waals surface area contributed by atoms with Gasteiger partial charge in [-0.3, -0.25) is 4.79 Å². The van der Waals surface area contributed by atoms with E-state index in [0.29, 0.717) is 6.04 Å². The molecule has 2 atom stereocenters. The minimum Gasteiger partial charge on any atom is -0.342 e. The zero-order chi connectivity index (χ0) is 14.5. The smallest absolute Gasteiger partial charge is 0.235 e. The molecule has 1 fully saturated rings. The molecule has 4 heteroatoms. The van der Waals surface area contributed by atoms with Gasteiger partial charge < -0.3 is 10.2 Å². The first-order valence-electron chi connectivity index (χ1n) is 7.34. The number of carbonyl (C=O) groups excluding carboxylic acids is 1. The van der Waals surface area contributed by atoms with E-state index < -0.39 is 0 Å². The molecule has 110 valence electrons. The second kappa shape index (κ2) is 7.14. The maximum absolute atomic E-state index is 12.3. The summed E-state index contributed by atoms with van der Waals surface area (Å²) in [6.45, 7) is 6.02. The Bertz CT molecular complexity index is 440. The van der Waals surface area contributed by atoms with Crippen molar-refractivity contribution in [3.8, 4) is 0 Å². The topological polar surface area (TPSA) is 32.3 Å². The van der Waals surface area contributed by atoms with Crippen LogP contribution in [0.25, 0.3) is 0 Å². The van der Waals surface area contributed by atoms with E-state index in [9.17, 15) is 4.79 Å². The van der Waals surface area contributed by atoms with Crippen molar-refractivity contribution in [3.63, 3.8) is 0 Å². The largest absolute Gasteiger partial charge is 0.342 e. The fourth-order valence-corrected chi connectivity index (χ4v) is 3.40. The highest BCUT2D eigenvalue weighted by Gasteiger charge is 2.23. The zero-order valence-corrected chi connectivity index (χ0v) is 13.4. The number of thioether (sulfide) groups is 1. The van der Waals surface area contributed by atoms with Crippen LogP contribution in [0.5, 0.6) is 0 Å². The highest BCUT2D eigenvalue weighted by atomic mass is 32.2. The van der Waals surface area contributed by atoms with Crippen LogP contribution in [0.2, 0.25) is 0 Å². The van der Waals surface area contributed by atoms with Crippen LogP contribution in [0, 0.1) is 0 Å². The molecule has 0 aliphatic carbocycles. The summed E-state index contributed by atoms with van der Waals surface area (Å²) in [5, 5.41) is 3.23. The summed E-state index contributed by atoms with van der Waals surface area (Å²) in [6, 6.07) is 8.86. The number of carbonyl (C=O) groups is 1. The summed E-state index contributed by atoms with van der Waals surface area (Å²) < 4.78 is 0. The molecule has 2 rings (SSSR count). The van der Waals surface area contributed by atoms with E-state index in [1.165, 1.54) is 5.56 Å². The average molecular weight is 292 g/mol. The van der Waals surface area contributed by atoms with Crippen molar-refractivity contribution >= 4 is 17.7 Å². The third kappa shape index (κ3) is 3.76. The Hall–Kier alpha value is -1.00. The Morgan fingerprint density at radius 2 is 1.80 bits per heavy atom. The maximum Gasteiger partial charge on any atom is 0.235 e. The summed E-state index contributed by atoms with van der Waals surface area (Å²) in [5.41, 5.74) is 1.27. The molecule has 1 aromatic rings. The predicted octanol–water partition coefficient (Wildman–Crippen LogP) is 3.07. The van der Waals surface area contributed by atoms with Gasteiger partial charge in [-0.25, -0.2) is 0 Å². The Morgan fingerprint density at radius 3 is 2.35 bits per heavy atom. The lowest BCUT2D eigenvalue weighted by molar-refractivity contribution is -0.129. The monoisotopic (exact) mass is 292 g/mol. The van der Waals surface area contributed by atoms with Crippen molar-refractivity contribution in [3.05, 3.63) is 29.8 Å². The van der Waals surface area contributed by atoms with Crippen LogP contribution in [0.1, 0.15) is 38.3 Å². The summed E-state index contributed by atoms with van der Waals surface area (Å²) >= 11 is 1.65. The molecule has 1 amide bonds. The van der Waals surface area contributed by atoms with Gasteiger partial charge in [0.05, 0.1) is 5.25 Å². The summed E-state index contributed by atoms with van der Waals surface area (Å²) in [6.07, 6.45) is 2.31. The van der Waals surface area contributed by atoms with Crippen molar-refractivity contribution in [2.75, 3.05) is 20.1 Å². The lowest BCUT2D eigenvalue weighted by Crippen LogP contribution is -2.33. The van der Waals surface area contributed by atoms with Gasteiger partial charge in [-0.1, -0.05) is 12.1 Å². The number of nitrogens with zero attached hydrogens (tertiary/aromatic N) is 1. The van der Waals surface area contributed by atoms with E-state index in [1.807, 2.05) is 18.9 Å². The van der Waals surface area contributed by atoms with Crippen molar-refractivity contribution in [1.29, 1.82) is 0 Å². The molecule has 2 unspecified atom stereocenters. The third-order valence-electron chi connectivity index (χ3n) is 3.89. The van der Waals surface area contributed by atoms with Gasteiger partial charge in [0, 0.05) is 24.0 Å². The molecular formula is C16H24N2OS. The number of benzene rings is 1. The predicted molar refractivity (Wildman–Crippen MR) is 85.0 cm³/mol. The minimum absolute atomic E-state index is 0.000624. The van der Waals surface area contributed by atoms with Crippen molar-refractivity contribution < 1.29 is 4.79 Å². The Balaban J connectivity index is 1.93. The Kier molecular flexibility index (Phi) is 5.49. The van der Waals surface area contributed by atoms with Gasteiger partial charge in [-0.15, -0.1) is 11.8 Å². The van der Waals surface area contributed by atoms with Crippen LogP contribution in [0.3, 0.4) is 0 Å². The molecule has 0 saturated carbocycles. The van der Waals surface area contributed by atoms with Gasteiger partial charge in [-0.2, -0.15) is 0 Å². The Labute approximate surface area is 126 Å². The lowest BCUT2D eigenvalue weighted by Gasteiger charge is -2.20. The van der Waals surface area contributed by atoms with Crippen LogP contribution in [-0.4, -0.2) is 36.2 Å². The number of nitrogens with one attached hydrogen (secondary N) is 1. The summed E-state index contributed by atoms with van der Waals surface area (Å²) in [5.74, 6) is 0.278. The molecule has 1 saturated heterocycles. The molecule has 0 bridgehead atoms. The van der Waals surface area contributed by atoms with E-state index in [0.717, 1.165) is 30.8 Å². The number of rotatable bonds is 5. The quantitative estimate of drug-likeness (QED) is 0.847. The highest BCUT2D eigenvalue weighted by molar-refractivity contribution is 8.00. The van der Waals surface area contributed by atoms with E-state index in [4.69, 9.17) is 0 Å². The molecule has 1 heterocycles. The fraction of sp³-hybridized carbons (Fsp3) is 0.562. The summed E-state index contributed by atoms with van der Waals surface area (Å²) in [7, 11) is 1.96. The first-order chi connectivity index (χ1) is 9.61. The molecule has 3 nitrogen and oxygen atoms in total. The van der Waals surface area contributed by atoms with Gasteiger partial charge in [-0.05, 0) is 51.4 Å². The van der Waals surface area contributed by atoms with E-state index >= 15 is 0 Å². The summed E-state index contributed by atoms with van der Waals surface area (Å²) in [4.78, 5) is 15.4. The van der Waals surface area contributed by atoms with Gasteiger partial charge in [0.25, 0.3) is 0 Å². The normalized spacial score (nSPS) is 18.1. The Morgan fingerprint density at radius 1 is 1.20 bits per heavy atom. The molecule has 1 aromatic carbocycles. The first kappa shape index (κ1) is 15.4. The van der Waals surface area contributed by atoms with E-state index in [2.05, 4.69) is 36.5 Å². The van der Waals surface area contributed by atoms with Gasteiger partial charge in [0.1, 0.15) is 0 Å². The fourth-order valence-electron chi connectivity index (χ4n) is 2.45. The molecule has 0 radical (unpaired) electrons. The van der Waals surface area contributed by atoms with Crippen LogP contribution in [0.4, 0.5) is 0 Å². The van der Waals surface area contributed by atoms with E-state index in [-0.39, 0.29) is 11.2 Å². The van der Waals surface area contributed by atoms with E-state index in [1.54, 1.807) is 11.8 Å². The standard InChI is InChI=1S/C16H24N2OS/c1-12(17-3)14-6-8-15(9-7-14)20-13(2)16(19)18-10-4-5-11-18/h6-9,12-13,17H,4-5,10-11H2,1-3H3. The number of likely N-dealkylation sites (tertiary alicyclic amines) is 1. The van der Waals surface area contributed by atoms with Crippen LogP contribution in [0.15, 0.2) is 29.2 Å². The van der Waals surface area contributed by atoms with Gasteiger partial charge in [0.15, 0.2) is 0 Å². The van der Waals surface area contributed by atoms with Crippen molar-refractivity contribution in [2.24, 2.45) is 0 Å². The second-order valence-electron chi connectivity index (χ2n) is 5.37. The third-order valence-corrected chi connectivity index (χ3v) is 4.99. The number of hydrogen-bond acceptors (Lipinski definition) is 3. The molecule has 1 aliphatic heterocycles. The molecule has 0 aromatic heterocycles. The SMILES string of the molecule is CNC(C)c1ccc(SC(C)C(=O)N2CCCC2)cc1. The molecule has 1 N–H and O–H groups in total. The second-order valence-corrected chi connectivity index (χ2v) is 6.79. The van der Waals surface area contributed by atoms with Crippen LogP contribution >= 0.6 is 11.8 Å². The zero-order valence-electron chi connectivity index (χ0n) is 12.6. The minimum atomic E-state index is 0.000624. The van der Waals surface area contributed by atoms with Crippen molar-refractivity contribution in [1.82, 2.24) is 10.2 Å². The maximum atomic E-state index is 12.3. The molecule has 1 aliphatic rings. The van der Waals surface area contributed by atoms with Crippen LogP contribution < -0.4 is 5.32 Å². The van der Waals surface area contributed by atoms with Gasteiger partial charge in [0.2, 0.25) is 5.91 Å². The average Bonchev–Trinajstić information content (AvgIpc) is 3.00. The molecular weight excluding hydrogens is 268 g/mol.